The van der Waals surface area contributed by atoms with Crippen molar-refractivity contribution in [3.63, 3.8) is 0 Å². The highest BCUT2D eigenvalue weighted by molar-refractivity contribution is 7.91. The summed E-state index contributed by atoms with van der Waals surface area (Å²) in [7, 11) is -1.27. The first-order valence-corrected chi connectivity index (χ1v) is 7.86. The second-order valence-electron chi connectivity index (χ2n) is 4.57. The van der Waals surface area contributed by atoms with Crippen molar-refractivity contribution in [2.45, 2.75) is 6.54 Å². The normalized spacial score (nSPS) is 18.7. The molecule has 1 saturated heterocycles. The van der Waals surface area contributed by atoms with Gasteiger partial charge in [-0.25, -0.2) is 8.42 Å². The van der Waals surface area contributed by atoms with Crippen LogP contribution in [0.5, 0.6) is 5.75 Å². The summed E-state index contributed by atoms with van der Waals surface area (Å²) in [5.41, 5.74) is 1.50. The number of sulfone groups is 1. The molecule has 102 valence electrons. The number of rotatable bonds is 3. The lowest BCUT2D eigenvalue weighted by atomic mass is 10.1. The van der Waals surface area contributed by atoms with Gasteiger partial charge in [-0.15, -0.1) is 0 Å². The molecular weight excluding hydrogens is 264 g/mol. The summed E-state index contributed by atoms with van der Waals surface area (Å²) in [4.78, 5) is 2.07. The maximum Gasteiger partial charge on any atom is 0.152 e. The molecule has 1 aliphatic heterocycles. The van der Waals surface area contributed by atoms with Gasteiger partial charge in [0.2, 0.25) is 0 Å². The molecule has 0 radical (unpaired) electrons. The number of hydrogen-bond acceptors (Lipinski definition) is 5. The van der Waals surface area contributed by atoms with Crippen LogP contribution in [0.4, 0.5) is 0 Å². The van der Waals surface area contributed by atoms with E-state index in [0.717, 1.165) is 11.3 Å². The Kier molecular flexibility index (Phi) is 4.08. The molecule has 0 unspecified atom stereocenters. The fourth-order valence-electron chi connectivity index (χ4n) is 2.12. The third-order valence-corrected chi connectivity index (χ3v) is 4.85. The van der Waals surface area contributed by atoms with Gasteiger partial charge in [-0.05, 0) is 18.2 Å². The van der Waals surface area contributed by atoms with Crippen LogP contribution >= 0.6 is 0 Å². The van der Waals surface area contributed by atoms with Gasteiger partial charge in [-0.1, -0.05) is 0 Å². The summed E-state index contributed by atoms with van der Waals surface area (Å²) >= 11 is 0. The van der Waals surface area contributed by atoms with Crippen molar-refractivity contribution in [1.29, 1.82) is 5.26 Å². The molecule has 0 N–H and O–H groups in total. The van der Waals surface area contributed by atoms with Crippen LogP contribution in [0.25, 0.3) is 0 Å². The van der Waals surface area contributed by atoms with E-state index in [0.29, 0.717) is 25.2 Å². The van der Waals surface area contributed by atoms with Gasteiger partial charge >= 0.3 is 0 Å². The minimum absolute atomic E-state index is 0.202. The number of hydrogen-bond donors (Lipinski definition) is 0. The number of nitriles is 1. The smallest absolute Gasteiger partial charge is 0.152 e. The summed E-state index contributed by atoms with van der Waals surface area (Å²) in [6, 6.07) is 7.38. The molecule has 0 bridgehead atoms. The monoisotopic (exact) mass is 280 g/mol. The Hall–Kier alpha value is -1.58. The average Bonchev–Trinajstić information content (AvgIpc) is 2.41. The van der Waals surface area contributed by atoms with E-state index >= 15 is 0 Å². The van der Waals surface area contributed by atoms with E-state index in [2.05, 4.69) is 11.0 Å². The summed E-state index contributed by atoms with van der Waals surface area (Å²) in [6.45, 7) is 1.67. The van der Waals surface area contributed by atoms with Gasteiger partial charge in [0.1, 0.15) is 5.75 Å². The molecule has 19 heavy (non-hydrogen) atoms. The molecule has 6 heteroatoms. The van der Waals surface area contributed by atoms with Crippen molar-refractivity contribution in [3.8, 4) is 11.8 Å². The van der Waals surface area contributed by atoms with E-state index in [9.17, 15) is 8.42 Å². The zero-order valence-electron chi connectivity index (χ0n) is 10.8. The minimum Gasteiger partial charge on any atom is -0.496 e. The Morgan fingerprint density at radius 1 is 1.37 bits per heavy atom. The Balaban J connectivity index is 2.13. The van der Waals surface area contributed by atoms with Gasteiger partial charge < -0.3 is 4.74 Å². The maximum absolute atomic E-state index is 11.4. The van der Waals surface area contributed by atoms with Crippen molar-refractivity contribution < 1.29 is 13.2 Å². The summed E-state index contributed by atoms with van der Waals surface area (Å²) < 4.78 is 28.0. The highest BCUT2D eigenvalue weighted by Crippen LogP contribution is 2.22. The fourth-order valence-corrected chi connectivity index (χ4v) is 3.40. The van der Waals surface area contributed by atoms with E-state index in [4.69, 9.17) is 10.00 Å². The topological polar surface area (TPSA) is 70.4 Å². The highest BCUT2D eigenvalue weighted by Gasteiger charge is 2.22. The largest absolute Gasteiger partial charge is 0.496 e. The average molecular weight is 280 g/mol. The van der Waals surface area contributed by atoms with Crippen molar-refractivity contribution in [3.05, 3.63) is 29.3 Å². The van der Waals surface area contributed by atoms with Gasteiger partial charge in [0, 0.05) is 25.2 Å². The van der Waals surface area contributed by atoms with Crippen molar-refractivity contribution in [2.24, 2.45) is 0 Å². The van der Waals surface area contributed by atoms with Gasteiger partial charge in [0.15, 0.2) is 9.84 Å². The number of benzene rings is 1. The second kappa shape index (κ2) is 5.59. The standard InChI is InChI=1S/C13H16N2O3S/c1-18-13-3-2-11(9-14)8-12(13)10-15-4-6-19(16,17)7-5-15/h2-3,8H,4-7,10H2,1H3. The van der Waals surface area contributed by atoms with Crippen LogP contribution in [0.15, 0.2) is 18.2 Å². The third-order valence-electron chi connectivity index (χ3n) is 3.24. The summed E-state index contributed by atoms with van der Waals surface area (Å²) in [5.74, 6) is 1.13. The van der Waals surface area contributed by atoms with Crippen molar-refractivity contribution in [1.82, 2.24) is 4.90 Å². The van der Waals surface area contributed by atoms with Crippen molar-refractivity contribution in [2.75, 3.05) is 31.7 Å². The van der Waals surface area contributed by atoms with Gasteiger partial charge in [-0.3, -0.25) is 4.90 Å². The van der Waals surface area contributed by atoms with Crippen LogP contribution in [0, 0.1) is 11.3 Å². The first-order valence-electron chi connectivity index (χ1n) is 6.04. The quantitative estimate of drug-likeness (QED) is 0.819. The van der Waals surface area contributed by atoms with E-state index in [1.807, 2.05) is 0 Å². The Labute approximate surface area is 113 Å². The van der Waals surface area contributed by atoms with E-state index < -0.39 is 9.84 Å². The van der Waals surface area contributed by atoms with Crippen LogP contribution in [0.2, 0.25) is 0 Å². The minimum atomic E-state index is -2.86. The molecule has 0 spiro atoms. The van der Waals surface area contributed by atoms with E-state index in [1.54, 1.807) is 25.3 Å². The first-order chi connectivity index (χ1) is 9.04. The van der Waals surface area contributed by atoms with E-state index in [1.165, 1.54) is 0 Å². The predicted molar refractivity (Wildman–Crippen MR) is 71.6 cm³/mol. The molecule has 1 aromatic carbocycles. The molecule has 2 rings (SSSR count). The lowest BCUT2D eigenvalue weighted by molar-refractivity contribution is 0.282. The zero-order chi connectivity index (χ0) is 13.9. The Morgan fingerprint density at radius 3 is 2.63 bits per heavy atom. The zero-order valence-corrected chi connectivity index (χ0v) is 11.6. The predicted octanol–water partition coefficient (Wildman–Crippen LogP) is 0.797. The SMILES string of the molecule is COc1ccc(C#N)cc1CN1CCS(=O)(=O)CC1. The number of ether oxygens (including phenoxy) is 1. The summed E-state index contributed by atoms with van der Waals surface area (Å²) in [5, 5.41) is 8.92. The van der Waals surface area contributed by atoms with Gasteiger partial charge in [0.25, 0.3) is 0 Å². The third kappa shape index (κ3) is 3.46. The Bertz CT molecular complexity index is 591. The van der Waals surface area contributed by atoms with Gasteiger partial charge in [0.05, 0.1) is 30.2 Å². The van der Waals surface area contributed by atoms with Crippen LogP contribution in [0.3, 0.4) is 0 Å². The summed E-state index contributed by atoms with van der Waals surface area (Å²) in [6.07, 6.45) is 0. The van der Waals surface area contributed by atoms with Crippen LogP contribution in [0.1, 0.15) is 11.1 Å². The van der Waals surface area contributed by atoms with Crippen LogP contribution in [-0.2, 0) is 16.4 Å². The molecular formula is C13H16N2O3S. The van der Waals surface area contributed by atoms with Crippen LogP contribution < -0.4 is 4.74 Å². The van der Waals surface area contributed by atoms with Crippen molar-refractivity contribution >= 4 is 9.84 Å². The molecule has 0 atom stereocenters. The number of nitrogens with zero attached hydrogens (tertiary/aromatic N) is 2. The lowest BCUT2D eigenvalue weighted by Gasteiger charge is -2.27. The lowest BCUT2D eigenvalue weighted by Crippen LogP contribution is -2.39. The highest BCUT2D eigenvalue weighted by atomic mass is 32.2. The molecule has 0 aliphatic carbocycles. The van der Waals surface area contributed by atoms with E-state index in [-0.39, 0.29) is 11.5 Å². The molecule has 0 saturated carbocycles. The first kappa shape index (κ1) is 13.8. The molecule has 5 nitrogen and oxygen atoms in total. The molecule has 1 heterocycles. The molecule has 0 amide bonds. The molecule has 1 aromatic rings. The maximum atomic E-state index is 11.4. The van der Waals surface area contributed by atoms with Crippen LogP contribution in [-0.4, -0.2) is 45.0 Å². The molecule has 1 aliphatic rings. The second-order valence-corrected chi connectivity index (χ2v) is 6.87. The molecule has 1 fully saturated rings. The Morgan fingerprint density at radius 2 is 2.05 bits per heavy atom. The fraction of sp³-hybridized carbons (Fsp3) is 0.462. The van der Waals surface area contributed by atoms with Gasteiger partial charge in [-0.2, -0.15) is 5.26 Å². The number of methoxy groups -OCH3 is 1. The molecule has 0 aromatic heterocycles.